The molecule has 1 aromatic rings. The summed E-state index contributed by atoms with van der Waals surface area (Å²) in [5, 5.41) is 12.3. The second-order valence-electron chi connectivity index (χ2n) is 3.51. The summed E-state index contributed by atoms with van der Waals surface area (Å²) in [5.41, 5.74) is 0.802. The lowest BCUT2D eigenvalue weighted by molar-refractivity contribution is 0.167. The Morgan fingerprint density at radius 2 is 2.00 bits per heavy atom. The number of rotatable bonds is 3. The Balaban J connectivity index is 2.44. The Morgan fingerprint density at radius 3 is 2.53 bits per heavy atom. The summed E-state index contributed by atoms with van der Waals surface area (Å²) in [6.45, 7) is 0.223. The van der Waals surface area contributed by atoms with E-state index in [1.807, 2.05) is 30.3 Å². The van der Waals surface area contributed by atoms with Gasteiger partial charge in [0.15, 0.2) is 0 Å². The topological polar surface area (TPSA) is 52.6 Å². The predicted molar refractivity (Wildman–Crippen MR) is 58.5 cm³/mol. The first-order chi connectivity index (χ1) is 7.11. The number of amides is 2. The number of carbonyl (C=O) groups is 1. The van der Waals surface area contributed by atoms with Crippen molar-refractivity contribution < 1.29 is 9.90 Å². The van der Waals surface area contributed by atoms with Gasteiger partial charge >= 0.3 is 6.03 Å². The minimum absolute atomic E-state index is 0.204. The molecule has 0 fully saturated rings. The van der Waals surface area contributed by atoms with E-state index in [1.54, 1.807) is 14.1 Å². The first-order valence-electron chi connectivity index (χ1n) is 4.79. The zero-order chi connectivity index (χ0) is 11.3. The molecule has 1 atom stereocenters. The molecule has 0 bridgehead atoms. The van der Waals surface area contributed by atoms with E-state index < -0.39 is 6.10 Å². The average molecular weight is 208 g/mol. The van der Waals surface area contributed by atoms with Gasteiger partial charge in [-0.25, -0.2) is 4.79 Å². The van der Waals surface area contributed by atoms with E-state index in [0.717, 1.165) is 5.56 Å². The van der Waals surface area contributed by atoms with Gasteiger partial charge in [0, 0.05) is 20.6 Å². The molecule has 0 saturated carbocycles. The van der Waals surface area contributed by atoms with Crippen LogP contribution in [0, 0.1) is 0 Å². The third kappa shape index (κ3) is 3.59. The summed E-state index contributed by atoms with van der Waals surface area (Å²) in [4.78, 5) is 12.6. The van der Waals surface area contributed by atoms with Crippen LogP contribution >= 0.6 is 0 Å². The van der Waals surface area contributed by atoms with E-state index in [-0.39, 0.29) is 12.6 Å². The lowest BCUT2D eigenvalue weighted by atomic mass is 10.1. The molecule has 4 heteroatoms. The van der Waals surface area contributed by atoms with E-state index in [0.29, 0.717) is 0 Å². The van der Waals surface area contributed by atoms with Gasteiger partial charge in [-0.1, -0.05) is 30.3 Å². The molecule has 1 rings (SSSR count). The molecule has 15 heavy (non-hydrogen) atoms. The zero-order valence-corrected chi connectivity index (χ0v) is 8.97. The molecule has 2 N–H and O–H groups in total. The highest BCUT2D eigenvalue weighted by Crippen LogP contribution is 2.10. The van der Waals surface area contributed by atoms with Crippen LogP contribution in [0.1, 0.15) is 11.7 Å². The quantitative estimate of drug-likeness (QED) is 0.778. The predicted octanol–water partition coefficient (Wildman–Crippen LogP) is 0.991. The van der Waals surface area contributed by atoms with Gasteiger partial charge in [-0.15, -0.1) is 0 Å². The van der Waals surface area contributed by atoms with Crippen LogP contribution < -0.4 is 5.32 Å². The van der Waals surface area contributed by atoms with E-state index in [4.69, 9.17) is 0 Å². The van der Waals surface area contributed by atoms with Crippen LogP contribution in [0.5, 0.6) is 0 Å². The van der Waals surface area contributed by atoms with E-state index in [1.165, 1.54) is 4.90 Å². The number of nitrogens with one attached hydrogen (secondary N) is 1. The molecule has 0 spiro atoms. The van der Waals surface area contributed by atoms with E-state index in [9.17, 15) is 9.90 Å². The molecule has 0 saturated heterocycles. The minimum atomic E-state index is -0.657. The Hall–Kier alpha value is -1.55. The zero-order valence-electron chi connectivity index (χ0n) is 8.97. The smallest absolute Gasteiger partial charge is 0.316 e. The van der Waals surface area contributed by atoms with Crippen LogP contribution in [0.4, 0.5) is 4.79 Å². The van der Waals surface area contributed by atoms with Crippen molar-refractivity contribution in [3.63, 3.8) is 0 Å². The van der Waals surface area contributed by atoms with E-state index >= 15 is 0 Å². The maximum Gasteiger partial charge on any atom is 0.316 e. The lowest BCUT2D eigenvalue weighted by Crippen LogP contribution is -2.36. The number of hydrogen-bond acceptors (Lipinski definition) is 2. The Kier molecular flexibility index (Phi) is 4.12. The third-order valence-electron chi connectivity index (χ3n) is 2.04. The average Bonchev–Trinajstić information content (AvgIpc) is 2.26. The number of benzene rings is 1. The number of hydrogen-bond donors (Lipinski definition) is 2. The SMILES string of the molecule is CN(C)C(=O)NCC(O)c1ccccc1. The summed E-state index contributed by atoms with van der Waals surface area (Å²) in [7, 11) is 3.31. The molecule has 82 valence electrons. The third-order valence-corrected chi connectivity index (χ3v) is 2.04. The van der Waals surface area contributed by atoms with Crippen molar-refractivity contribution in [3.8, 4) is 0 Å². The van der Waals surface area contributed by atoms with E-state index in [2.05, 4.69) is 5.32 Å². The van der Waals surface area contributed by atoms with Crippen molar-refractivity contribution in [2.45, 2.75) is 6.10 Å². The summed E-state index contributed by atoms with van der Waals surface area (Å²) >= 11 is 0. The van der Waals surface area contributed by atoms with Gasteiger partial charge < -0.3 is 15.3 Å². The summed E-state index contributed by atoms with van der Waals surface area (Å²) in [6.07, 6.45) is -0.657. The molecule has 1 unspecified atom stereocenters. The fourth-order valence-electron chi connectivity index (χ4n) is 1.14. The number of urea groups is 1. The van der Waals surface area contributed by atoms with Gasteiger partial charge in [-0.2, -0.15) is 0 Å². The lowest BCUT2D eigenvalue weighted by Gasteiger charge is -2.15. The van der Waals surface area contributed by atoms with Crippen molar-refractivity contribution in [1.29, 1.82) is 0 Å². The molecule has 1 aromatic carbocycles. The molecule has 0 aromatic heterocycles. The van der Waals surface area contributed by atoms with Gasteiger partial charge in [-0.05, 0) is 5.56 Å². The molecular formula is C11H16N2O2. The van der Waals surface area contributed by atoms with Crippen LogP contribution in [0.25, 0.3) is 0 Å². The highest BCUT2D eigenvalue weighted by atomic mass is 16.3. The molecule has 0 radical (unpaired) electrons. The number of nitrogens with zero attached hydrogens (tertiary/aromatic N) is 1. The molecule has 0 aliphatic rings. The monoisotopic (exact) mass is 208 g/mol. The molecule has 0 aliphatic heterocycles. The Bertz CT molecular complexity index is 312. The van der Waals surface area contributed by atoms with Crippen LogP contribution in [0.3, 0.4) is 0 Å². The Labute approximate surface area is 89.5 Å². The maximum absolute atomic E-state index is 11.2. The highest BCUT2D eigenvalue weighted by Gasteiger charge is 2.09. The van der Waals surface area contributed by atoms with Crippen molar-refractivity contribution >= 4 is 6.03 Å². The first kappa shape index (κ1) is 11.5. The molecule has 4 nitrogen and oxygen atoms in total. The normalized spacial score (nSPS) is 11.9. The number of carbonyl (C=O) groups excluding carboxylic acids is 1. The maximum atomic E-state index is 11.2. The second kappa shape index (κ2) is 5.36. The number of aliphatic hydroxyl groups excluding tert-OH is 1. The summed E-state index contributed by atoms with van der Waals surface area (Å²) < 4.78 is 0. The standard InChI is InChI=1S/C11H16N2O2/c1-13(2)11(15)12-8-10(14)9-6-4-3-5-7-9/h3-7,10,14H,8H2,1-2H3,(H,12,15). The van der Waals surface area contributed by atoms with Gasteiger partial charge in [-0.3, -0.25) is 0 Å². The summed E-state index contributed by atoms with van der Waals surface area (Å²) in [5.74, 6) is 0. The van der Waals surface area contributed by atoms with Crippen molar-refractivity contribution in [2.75, 3.05) is 20.6 Å². The van der Waals surface area contributed by atoms with Crippen LogP contribution in [0.2, 0.25) is 0 Å². The van der Waals surface area contributed by atoms with Gasteiger partial charge in [0.25, 0.3) is 0 Å². The van der Waals surface area contributed by atoms with Crippen molar-refractivity contribution in [1.82, 2.24) is 10.2 Å². The molecule has 0 heterocycles. The molecule has 2 amide bonds. The van der Waals surface area contributed by atoms with Gasteiger partial charge in [0.1, 0.15) is 0 Å². The van der Waals surface area contributed by atoms with Crippen LogP contribution in [0.15, 0.2) is 30.3 Å². The first-order valence-corrected chi connectivity index (χ1v) is 4.79. The van der Waals surface area contributed by atoms with Crippen molar-refractivity contribution in [3.05, 3.63) is 35.9 Å². The second-order valence-corrected chi connectivity index (χ2v) is 3.51. The summed E-state index contributed by atoms with van der Waals surface area (Å²) in [6, 6.07) is 9.04. The number of aliphatic hydroxyl groups is 1. The van der Waals surface area contributed by atoms with Crippen molar-refractivity contribution in [2.24, 2.45) is 0 Å². The minimum Gasteiger partial charge on any atom is -0.387 e. The highest BCUT2D eigenvalue weighted by molar-refractivity contribution is 5.73. The molecular weight excluding hydrogens is 192 g/mol. The Morgan fingerprint density at radius 1 is 1.40 bits per heavy atom. The molecule has 0 aliphatic carbocycles. The van der Waals surface area contributed by atoms with Crippen LogP contribution in [-0.4, -0.2) is 36.7 Å². The van der Waals surface area contributed by atoms with Gasteiger partial charge in [0.2, 0.25) is 0 Å². The largest absolute Gasteiger partial charge is 0.387 e. The van der Waals surface area contributed by atoms with Crippen LogP contribution in [-0.2, 0) is 0 Å². The fraction of sp³-hybridized carbons (Fsp3) is 0.364. The van der Waals surface area contributed by atoms with Gasteiger partial charge in [0.05, 0.1) is 6.10 Å². The fourth-order valence-corrected chi connectivity index (χ4v) is 1.14.